The van der Waals surface area contributed by atoms with Gasteiger partial charge in [0.05, 0.1) is 17.1 Å². The standard InChI is InChI=1S/C16H12ClN3O3S2/c17-11-1-2-13(18-6-11)20-14(21)7-23-15(22)5-12-9-25-16(19-12)10-3-4-24-8-10/h1-4,6,8-9H,5,7H2,(H,18,20,21). The highest BCUT2D eigenvalue weighted by molar-refractivity contribution is 7.14. The van der Waals surface area contributed by atoms with Crippen molar-refractivity contribution in [3.8, 4) is 10.6 Å². The number of esters is 1. The number of ether oxygens (including phenoxy) is 1. The van der Waals surface area contributed by atoms with Gasteiger partial charge in [0.1, 0.15) is 10.8 Å². The Bertz CT molecular complexity index is 863. The lowest BCUT2D eigenvalue weighted by molar-refractivity contribution is -0.146. The van der Waals surface area contributed by atoms with E-state index in [2.05, 4.69) is 15.3 Å². The molecule has 1 N–H and O–H groups in total. The number of halogens is 1. The van der Waals surface area contributed by atoms with E-state index in [1.54, 1.807) is 23.5 Å². The Labute approximate surface area is 156 Å². The summed E-state index contributed by atoms with van der Waals surface area (Å²) in [5, 5.41) is 9.62. The predicted octanol–water partition coefficient (Wildman–Crippen LogP) is 3.64. The number of carbonyl (C=O) groups is 2. The summed E-state index contributed by atoms with van der Waals surface area (Å²) >= 11 is 8.77. The van der Waals surface area contributed by atoms with Crippen LogP contribution < -0.4 is 5.32 Å². The average molecular weight is 394 g/mol. The van der Waals surface area contributed by atoms with Crippen LogP contribution in [-0.4, -0.2) is 28.5 Å². The Kier molecular flexibility index (Phi) is 5.75. The topological polar surface area (TPSA) is 81.2 Å². The minimum atomic E-state index is -0.513. The van der Waals surface area contributed by atoms with E-state index in [9.17, 15) is 9.59 Å². The summed E-state index contributed by atoms with van der Waals surface area (Å²) in [5.74, 6) is -0.646. The molecule has 0 saturated carbocycles. The number of aromatic nitrogens is 2. The maximum Gasteiger partial charge on any atom is 0.312 e. The highest BCUT2D eigenvalue weighted by Crippen LogP contribution is 2.25. The van der Waals surface area contributed by atoms with Crippen molar-refractivity contribution in [2.24, 2.45) is 0 Å². The van der Waals surface area contributed by atoms with Gasteiger partial charge in [-0.15, -0.1) is 11.3 Å². The predicted molar refractivity (Wildman–Crippen MR) is 98.0 cm³/mol. The number of nitrogens with one attached hydrogen (secondary N) is 1. The fraction of sp³-hybridized carbons (Fsp3) is 0.125. The van der Waals surface area contributed by atoms with Crippen molar-refractivity contribution >= 4 is 52.0 Å². The second-order valence-electron chi connectivity index (χ2n) is 4.90. The van der Waals surface area contributed by atoms with E-state index < -0.39 is 11.9 Å². The average Bonchev–Trinajstić information content (AvgIpc) is 3.26. The molecule has 9 heteroatoms. The van der Waals surface area contributed by atoms with Gasteiger partial charge in [-0.3, -0.25) is 9.59 Å². The maximum absolute atomic E-state index is 11.8. The number of rotatable bonds is 6. The van der Waals surface area contributed by atoms with Crippen molar-refractivity contribution in [3.05, 3.63) is 51.3 Å². The van der Waals surface area contributed by atoms with Crippen LogP contribution in [0.25, 0.3) is 10.6 Å². The molecular weight excluding hydrogens is 382 g/mol. The zero-order valence-electron chi connectivity index (χ0n) is 12.8. The van der Waals surface area contributed by atoms with Crippen LogP contribution in [0.2, 0.25) is 5.02 Å². The molecule has 0 bridgehead atoms. The molecule has 0 radical (unpaired) electrons. The number of anilines is 1. The molecule has 0 spiro atoms. The molecule has 0 fully saturated rings. The highest BCUT2D eigenvalue weighted by atomic mass is 35.5. The quantitative estimate of drug-likeness (QED) is 0.646. The van der Waals surface area contributed by atoms with E-state index in [1.165, 1.54) is 17.5 Å². The molecule has 0 aliphatic carbocycles. The summed E-state index contributed by atoms with van der Waals surface area (Å²) in [4.78, 5) is 31.9. The van der Waals surface area contributed by atoms with Crippen molar-refractivity contribution in [2.45, 2.75) is 6.42 Å². The van der Waals surface area contributed by atoms with Gasteiger partial charge in [0, 0.05) is 22.5 Å². The third-order valence-electron chi connectivity index (χ3n) is 3.00. The number of carbonyl (C=O) groups excluding carboxylic acids is 2. The number of thiophene rings is 1. The Hall–Kier alpha value is -2.29. The van der Waals surface area contributed by atoms with Crippen LogP contribution in [0.1, 0.15) is 5.69 Å². The van der Waals surface area contributed by atoms with Gasteiger partial charge in [-0.1, -0.05) is 11.6 Å². The van der Waals surface area contributed by atoms with Crippen LogP contribution in [-0.2, 0) is 20.7 Å². The number of nitrogens with zero attached hydrogens (tertiary/aromatic N) is 2. The second kappa shape index (κ2) is 8.19. The smallest absolute Gasteiger partial charge is 0.312 e. The van der Waals surface area contributed by atoms with Gasteiger partial charge in [0.15, 0.2) is 6.61 Å². The zero-order valence-corrected chi connectivity index (χ0v) is 15.2. The highest BCUT2D eigenvalue weighted by Gasteiger charge is 2.12. The molecule has 128 valence electrons. The lowest BCUT2D eigenvalue weighted by Gasteiger charge is -2.05. The Balaban J connectivity index is 1.46. The number of pyridine rings is 1. The first-order valence-corrected chi connectivity index (χ1v) is 9.34. The van der Waals surface area contributed by atoms with Gasteiger partial charge in [-0.05, 0) is 23.6 Å². The summed E-state index contributed by atoms with van der Waals surface area (Å²) < 4.78 is 4.97. The van der Waals surface area contributed by atoms with Crippen LogP contribution in [0.15, 0.2) is 40.5 Å². The summed E-state index contributed by atoms with van der Waals surface area (Å²) in [6.07, 6.45) is 1.43. The van der Waals surface area contributed by atoms with Crippen LogP contribution in [0.4, 0.5) is 5.82 Å². The fourth-order valence-corrected chi connectivity index (χ4v) is 3.52. The fourth-order valence-electron chi connectivity index (χ4n) is 1.88. The number of hydrogen-bond donors (Lipinski definition) is 1. The minimum Gasteiger partial charge on any atom is -0.455 e. The van der Waals surface area contributed by atoms with E-state index in [1.807, 2.05) is 22.2 Å². The molecular formula is C16H12ClN3O3S2. The van der Waals surface area contributed by atoms with E-state index in [4.69, 9.17) is 16.3 Å². The lowest BCUT2D eigenvalue weighted by atomic mass is 10.3. The molecule has 3 aromatic rings. The zero-order chi connectivity index (χ0) is 17.6. The first-order valence-electron chi connectivity index (χ1n) is 7.14. The number of amides is 1. The molecule has 6 nitrogen and oxygen atoms in total. The number of thiazole rings is 1. The molecule has 0 saturated heterocycles. The summed E-state index contributed by atoms with van der Waals surface area (Å²) in [5.41, 5.74) is 1.65. The maximum atomic E-state index is 11.8. The number of hydrogen-bond acceptors (Lipinski definition) is 7. The molecule has 0 aliphatic heterocycles. The summed E-state index contributed by atoms with van der Waals surface area (Å²) in [7, 11) is 0. The van der Waals surface area contributed by atoms with E-state index in [-0.39, 0.29) is 13.0 Å². The summed E-state index contributed by atoms with van der Waals surface area (Å²) in [6.45, 7) is -0.384. The first-order chi connectivity index (χ1) is 12.1. The van der Waals surface area contributed by atoms with Gasteiger partial charge in [-0.25, -0.2) is 9.97 Å². The van der Waals surface area contributed by atoms with E-state index >= 15 is 0 Å². The van der Waals surface area contributed by atoms with Crippen molar-refractivity contribution < 1.29 is 14.3 Å². The summed E-state index contributed by atoms with van der Waals surface area (Å²) in [6, 6.07) is 5.13. The monoisotopic (exact) mass is 393 g/mol. The molecule has 25 heavy (non-hydrogen) atoms. The SMILES string of the molecule is O=C(COC(=O)Cc1csc(-c2ccsc2)n1)Nc1ccc(Cl)cn1. The second-order valence-corrected chi connectivity index (χ2v) is 6.98. The van der Waals surface area contributed by atoms with Crippen LogP contribution >= 0.6 is 34.3 Å². The van der Waals surface area contributed by atoms with Crippen LogP contribution in [0.3, 0.4) is 0 Å². The molecule has 0 atom stereocenters. The minimum absolute atomic E-state index is 0.0209. The Morgan fingerprint density at radius 1 is 1.24 bits per heavy atom. The molecule has 1 amide bonds. The Morgan fingerprint density at radius 3 is 2.84 bits per heavy atom. The van der Waals surface area contributed by atoms with Gasteiger partial charge >= 0.3 is 5.97 Å². The molecule has 3 aromatic heterocycles. The van der Waals surface area contributed by atoms with E-state index in [0.29, 0.717) is 16.5 Å². The van der Waals surface area contributed by atoms with Gasteiger partial charge in [0.2, 0.25) is 0 Å². The largest absolute Gasteiger partial charge is 0.455 e. The lowest BCUT2D eigenvalue weighted by Crippen LogP contribution is -2.22. The van der Waals surface area contributed by atoms with Gasteiger partial charge in [-0.2, -0.15) is 11.3 Å². The molecule has 0 unspecified atom stereocenters. The van der Waals surface area contributed by atoms with Crippen molar-refractivity contribution in [3.63, 3.8) is 0 Å². The van der Waals surface area contributed by atoms with Crippen molar-refractivity contribution in [1.29, 1.82) is 0 Å². The molecule has 3 rings (SSSR count). The normalized spacial score (nSPS) is 10.4. The third-order valence-corrected chi connectivity index (χ3v) is 4.85. The van der Waals surface area contributed by atoms with Crippen molar-refractivity contribution in [1.82, 2.24) is 9.97 Å². The Morgan fingerprint density at radius 2 is 2.12 bits per heavy atom. The molecule has 0 aliphatic rings. The van der Waals surface area contributed by atoms with Crippen molar-refractivity contribution in [2.75, 3.05) is 11.9 Å². The van der Waals surface area contributed by atoms with Crippen LogP contribution in [0.5, 0.6) is 0 Å². The first kappa shape index (κ1) is 17.5. The van der Waals surface area contributed by atoms with E-state index in [0.717, 1.165) is 10.6 Å². The van der Waals surface area contributed by atoms with Gasteiger partial charge in [0.25, 0.3) is 5.91 Å². The van der Waals surface area contributed by atoms with Gasteiger partial charge < -0.3 is 10.1 Å². The molecule has 0 aromatic carbocycles. The molecule has 3 heterocycles. The third kappa shape index (κ3) is 5.09. The van der Waals surface area contributed by atoms with Crippen LogP contribution in [0, 0.1) is 0 Å².